The van der Waals surface area contributed by atoms with Crippen molar-refractivity contribution in [2.45, 2.75) is 163 Å². The Labute approximate surface area is 965 Å². The van der Waals surface area contributed by atoms with Crippen LogP contribution in [0.25, 0.3) is 67.5 Å². The molecule has 0 aliphatic carbocycles. The van der Waals surface area contributed by atoms with Gasteiger partial charge in [0.1, 0.15) is 27.6 Å². The Bertz CT molecular complexity index is 6220. The van der Waals surface area contributed by atoms with Crippen molar-refractivity contribution in [2.24, 2.45) is 32.5 Å². The first kappa shape index (κ1) is 114. The van der Waals surface area contributed by atoms with E-state index in [0.717, 1.165) is 167 Å². The van der Waals surface area contributed by atoms with Crippen LogP contribution in [0.5, 0.6) is 0 Å². The van der Waals surface area contributed by atoms with Gasteiger partial charge in [-0.3, -0.25) is 0 Å². The normalized spacial score (nSPS) is 12.1. The number of benzene rings is 6. The van der Waals surface area contributed by atoms with Gasteiger partial charge >= 0.3 is 61.5 Å². The molecule has 0 saturated heterocycles. The molecule has 0 atom stereocenters. The molecule has 0 spiro atoms. The second kappa shape index (κ2) is 48.0. The minimum Gasteiger partial charge on any atom is -0.403 e. The number of rotatable bonds is 24. The molecular formula is C102H112B4Br12N24Ni2. The molecule has 42 heteroatoms. The average molecular weight is 2790 g/mol. The van der Waals surface area contributed by atoms with Gasteiger partial charge in [0.25, 0.3) is 0 Å². The van der Waals surface area contributed by atoms with Crippen molar-refractivity contribution in [1.82, 2.24) is 116 Å². The molecule has 0 saturated carbocycles. The summed E-state index contributed by atoms with van der Waals surface area (Å²) < 4.78 is 33.6. The van der Waals surface area contributed by atoms with Gasteiger partial charge in [-0.25, -0.2) is 61.2 Å². The van der Waals surface area contributed by atoms with Gasteiger partial charge in [-0.1, -0.05) is 307 Å². The van der Waals surface area contributed by atoms with Crippen LogP contribution in [-0.2, 0) is 71.5 Å². The van der Waals surface area contributed by atoms with Crippen molar-refractivity contribution >= 4 is 220 Å². The van der Waals surface area contributed by atoms with Crippen molar-refractivity contribution < 1.29 is 33.0 Å². The maximum absolute atomic E-state index is 5.03. The average Bonchev–Trinajstić information content (AvgIpc) is 1.58. The zero-order valence-corrected chi connectivity index (χ0v) is 104. The van der Waals surface area contributed by atoms with Gasteiger partial charge in [-0.2, -0.15) is 0 Å². The monoisotopic (exact) mass is 2780 g/mol. The molecule has 144 heavy (non-hydrogen) atoms. The Morgan fingerprint density at radius 2 is 0.306 bits per heavy atom. The fourth-order valence-corrected chi connectivity index (χ4v) is 23.1. The summed E-state index contributed by atoms with van der Waals surface area (Å²) in [6.45, 7) is 40.4. The zero-order chi connectivity index (χ0) is 102. The quantitative estimate of drug-likeness (QED) is 0.0517. The van der Waals surface area contributed by atoms with Crippen LogP contribution in [0.1, 0.15) is 159 Å². The van der Waals surface area contributed by atoms with Crippen molar-refractivity contribution in [3.05, 3.63) is 344 Å². The first-order valence-corrected chi connectivity index (χ1v) is 56.5. The molecule has 12 aromatic heterocycles. The molecule has 0 fully saturated rings. The van der Waals surface area contributed by atoms with Gasteiger partial charge in [-0.05, 0) is 369 Å². The van der Waals surface area contributed by atoms with Crippen molar-refractivity contribution in [3.63, 3.8) is 0 Å². The summed E-state index contributed by atoms with van der Waals surface area (Å²) in [7, 11) is -6.46. The van der Waals surface area contributed by atoms with Crippen molar-refractivity contribution in [2.75, 3.05) is 0 Å². The van der Waals surface area contributed by atoms with Crippen LogP contribution in [0.4, 0.5) is 0 Å². The molecule has 0 aliphatic rings. The molecule has 18 rings (SSSR count). The molecule has 0 bridgehead atoms. The predicted molar refractivity (Wildman–Crippen MR) is 624 cm³/mol. The van der Waals surface area contributed by atoms with E-state index in [2.05, 4.69) is 490 Å². The van der Waals surface area contributed by atoms with E-state index in [1.165, 1.54) is 0 Å². The smallest absolute Gasteiger partial charge is 0.403 e. The van der Waals surface area contributed by atoms with Crippen LogP contribution in [0, 0.1) is 32.5 Å². The van der Waals surface area contributed by atoms with E-state index in [-0.39, 0.29) is 65.5 Å². The third kappa shape index (κ3) is 28.2. The number of halogens is 12. The summed E-state index contributed by atoms with van der Waals surface area (Å²) in [5.74, 6) is 0. The van der Waals surface area contributed by atoms with E-state index in [4.69, 9.17) is 61.2 Å². The Balaban J connectivity index is 0.000000162. The summed E-state index contributed by atoms with van der Waals surface area (Å²) in [4.78, 5) is 0. The fraction of sp³-hybridized carbons (Fsp3) is 0.294. The second-order valence-corrected chi connectivity index (χ2v) is 52.4. The molecule has 0 aliphatic heterocycles. The molecule has 6 aromatic carbocycles. The Hall–Kier alpha value is -7.15. The van der Waals surface area contributed by atoms with E-state index in [1.54, 1.807) is 0 Å². The molecule has 0 N–H and O–H groups in total. The topological polar surface area (TPSA) is 214 Å². The van der Waals surface area contributed by atoms with Gasteiger partial charge < -0.3 is 55.1 Å². The Morgan fingerprint density at radius 3 is 0.424 bits per heavy atom. The number of nitrogens with zero attached hydrogens (tertiary/aromatic N) is 24. The van der Waals surface area contributed by atoms with E-state index in [9.17, 15) is 0 Å². The molecule has 0 unspecified atom stereocenters. The van der Waals surface area contributed by atoms with Crippen LogP contribution < -0.4 is 0 Å². The molecular weight excluding hydrogens is 2680 g/mol. The van der Waals surface area contributed by atoms with E-state index in [1.807, 2.05) is 137 Å². The third-order valence-electron chi connectivity index (χ3n) is 23.2. The Morgan fingerprint density at radius 1 is 0.181 bits per heavy atom. The van der Waals surface area contributed by atoms with E-state index < -0.39 is 28.5 Å². The number of aromatic nitrogens is 24. The van der Waals surface area contributed by atoms with E-state index >= 15 is 0 Å². The minimum absolute atomic E-state index is 0. The number of hydrogen-bond donors (Lipinski definition) is 0. The summed E-state index contributed by atoms with van der Waals surface area (Å²) in [5.41, 5.74) is 19.2. The van der Waals surface area contributed by atoms with Crippen LogP contribution in [0.3, 0.4) is 0 Å². The maximum Gasteiger partial charge on any atom is 2.00 e. The summed E-state index contributed by atoms with van der Waals surface area (Å²) >= 11 is 44.9. The first-order valence-electron chi connectivity index (χ1n) is 47.0. The molecule has 0 amide bonds. The second-order valence-electron chi connectivity index (χ2n) is 43.1. The fourth-order valence-electron chi connectivity index (χ4n) is 17.8. The van der Waals surface area contributed by atoms with Gasteiger partial charge in [-0.15, -0.1) is 0 Å². The molecule has 24 nitrogen and oxygen atoms in total. The number of hydrogen-bond acceptors (Lipinski definition) is 12. The van der Waals surface area contributed by atoms with Crippen LogP contribution >= 0.6 is 191 Å². The van der Waals surface area contributed by atoms with E-state index in [0.29, 0.717) is 27.6 Å². The minimum atomic E-state index is -1.90. The van der Waals surface area contributed by atoms with Crippen LogP contribution in [0.2, 0.25) is 0 Å². The molecule has 12 heterocycles. The molecule has 18 aromatic rings. The molecule has 756 valence electrons. The molecule has 0 radical (unpaired) electrons. The van der Waals surface area contributed by atoms with Crippen molar-refractivity contribution in [3.8, 4) is 67.5 Å². The van der Waals surface area contributed by atoms with Gasteiger partial charge in [0.05, 0.1) is 61.0 Å². The summed E-state index contributed by atoms with van der Waals surface area (Å²) in [5, 5.41) is 59.9. The zero-order valence-electron chi connectivity index (χ0n) is 83.2. The standard InChI is InChI=1S/2C27H16BBr6N6.2C24H40BN6.2Ni/c2*29-19-22(16-10-4-1-5-11-16)38(35-25(19)32)28(39-23(20(30)26(33)36-39)17-12-6-2-7-13-17)40-24(21(31)27(34)37-40)18-14-8-3-9-15-18;2*1-22(2,3)16-19-10-13-29(26-19)25(30-14-11-20(27-30)17-23(4,5)6)31-15-12-21(28-31)18-24(7,8)9;;/h2*1-15,28H;2*10-15,25H,16-18H2,1-9H3;;/q4*-1;2*+2. The Kier molecular flexibility index (Phi) is 38.0. The SMILES string of the molecule is Brc1nn([BH-](n2nc(Br)c(Br)c2-c2ccccc2)n2nc(Br)c(Br)c2-c2ccccc2)c(-c2ccccc2)c1Br.Brc1nn([BH-](n2nc(Br)c(Br)c2-c2ccccc2)n2nc(Br)c(Br)c2-c2ccccc2)c(-c2ccccc2)c1Br.CC(C)(C)Cc1ccn([BH-](n2ccc(CC(C)(C)C)n2)n2ccc(CC(C)(C)C)n2)n1.CC(C)(C)Cc1ccn([BH-](n2ccc(CC(C)(C)C)n2)n2ccc(CC(C)(C)C)n2)n1.[Ni+2].[Ni+2]. The van der Waals surface area contributed by atoms with Crippen LogP contribution in [-0.4, -0.2) is 145 Å². The van der Waals surface area contributed by atoms with Crippen LogP contribution in [0.15, 0.2) is 310 Å². The summed E-state index contributed by atoms with van der Waals surface area (Å²) in [6, 6.07) is 73.9. The third-order valence-corrected chi connectivity index (χ3v) is 34.2. The predicted octanol–water partition coefficient (Wildman–Crippen LogP) is 28.4. The van der Waals surface area contributed by atoms with Gasteiger partial charge in [0, 0.05) is 34.2 Å². The largest absolute Gasteiger partial charge is 2.00 e. The van der Waals surface area contributed by atoms with Gasteiger partial charge in [0.15, 0.2) is 0 Å². The summed E-state index contributed by atoms with van der Waals surface area (Å²) in [6.07, 6.45) is 18.1. The maximum atomic E-state index is 5.03. The van der Waals surface area contributed by atoms with Gasteiger partial charge in [0.2, 0.25) is 0 Å². The van der Waals surface area contributed by atoms with Crippen molar-refractivity contribution in [1.29, 1.82) is 0 Å². The first-order chi connectivity index (χ1) is 67.1.